The van der Waals surface area contributed by atoms with Gasteiger partial charge < -0.3 is 10.4 Å². The summed E-state index contributed by atoms with van der Waals surface area (Å²) < 4.78 is 26.9. The average Bonchev–Trinajstić information content (AvgIpc) is 3.53. The summed E-state index contributed by atoms with van der Waals surface area (Å²) in [6.07, 6.45) is 5.58. The van der Waals surface area contributed by atoms with Gasteiger partial charge in [-0.25, -0.2) is 8.42 Å². The van der Waals surface area contributed by atoms with E-state index < -0.39 is 16.1 Å². The average molecular weight is 463 g/mol. The van der Waals surface area contributed by atoms with E-state index in [0.717, 1.165) is 43.4 Å². The Balaban J connectivity index is 1.45. The minimum absolute atomic E-state index is 0.0908. The second kappa shape index (κ2) is 9.02. The van der Waals surface area contributed by atoms with Crippen molar-refractivity contribution < 1.29 is 18.3 Å². The molecule has 2 aliphatic rings. The van der Waals surface area contributed by atoms with Crippen molar-refractivity contribution >= 4 is 27.3 Å². The number of amides is 1. The van der Waals surface area contributed by atoms with E-state index in [0.29, 0.717) is 25.2 Å². The molecule has 1 aliphatic carbocycles. The van der Waals surface area contributed by atoms with Gasteiger partial charge in [-0.2, -0.15) is 4.31 Å². The summed E-state index contributed by atoms with van der Waals surface area (Å²) in [6.45, 7) is 3.43. The highest BCUT2D eigenvalue weighted by atomic mass is 32.2. The van der Waals surface area contributed by atoms with Crippen molar-refractivity contribution in [1.29, 1.82) is 0 Å². The first kappa shape index (κ1) is 22.5. The predicted molar refractivity (Wildman–Crippen MR) is 122 cm³/mol. The lowest BCUT2D eigenvalue weighted by Crippen LogP contribution is -2.38. The Morgan fingerprint density at radius 1 is 1.10 bits per heavy atom. The van der Waals surface area contributed by atoms with Gasteiger partial charge in [-0.05, 0) is 69.0 Å². The van der Waals surface area contributed by atoms with Crippen LogP contribution in [0.1, 0.15) is 71.7 Å². The van der Waals surface area contributed by atoms with E-state index in [2.05, 4.69) is 11.4 Å². The number of sulfonamides is 1. The molecular weight excluding hydrogens is 432 g/mol. The Morgan fingerprint density at radius 3 is 2.32 bits per heavy atom. The fraction of sp³-hybridized carbons (Fsp3) is 0.522. The van der Waals surface area contributed by atoms with Crippen molar-refractivity contribution in [1.82, 2.24) is 9.62 Å². The van der Waals surface area contributed by atoms with Crippen LogP contribution in [0.25, 0.3) is 0 Å². The number of benzene rings is 1. The molecule has 6 nitrogen and oxygen atoms in total. The number of carbonyl (C=O) groups excluding carboxylic acids is 1. The summed E-state index contributed by atoms with van der Waals surface area (Å²) >= 11 is 1.63. The predicted octanol–water partition coefficient (Wildman–Crippen LogP) is 3.83. The molecule has 4 rings (SSSR count). The van der Waals surface area contributed by atoms with E-state index >= 15 is 0 Å². The van der Waals surface area contributed by atoms with Gasteiger partial charge in [0.15, 0.2) is 0 Å². The molecule has 1 aromatic carbocycles. The third kappa shape index (κ3) is 4.58. The molecule has 2 fully saturated rings. The Bertz CT molecular complexity index is 1020. The second-order valence-corrected chi connectivity index (χ2v) is 11.7. The van der Waals surface area contributed by atoms with Crippen LogP contribution in [0.5, 0.6) is 0 Å². The van der Waals surface area contributed by atoms with Crippen LogP contribution >= 0.6 is 11.3 Å². The zero-order chi connectivity index (χ0) is 22.1. The van der Waals surface area contributed by atoms with Gasteiger partial charge in [-0.3, -0.25) is 4.79 Å². The Hall–Kier alpha value is -1.74. The standard InChI is InChI=1S/C23H30N2O4S2/c1-17(26)20-10-11-21(30-20)23(12-2-3-13-23)16-24-22(27)18-6-8-19(9-7-18)31(28,29)25-14-4-5-15-25/h6-11,17,26H,2-5,12-16H2,1H3,(H,24,27). The first-order valence-electron chi connectivity index (χ1n) is 11.0. The number of nitrogens with one attached hydrogen (secondary N) is 1. The van der Waals surface area contributed by atoms with Crippen molar-refractivity contribution in [2.24, 2.45) is 0 Å². The summed E-state index contributed by atoms with van der Waals surface area (Å²) in [4.78, 5) is 15.2. The molecule has 168 valence electrons. The van der Waals surface area contributed by atoms with E-state index in [1.165, 1.54) is 21.3 Å². The van der Waals surface area contributed by atoms with Crippen LogP contribution in [-0.4, -0.2) is 43.4 Å². The van der Waals surface area contributed by atoms with Crippen LogP contribution in [0, 0.1) is 0 Å². The SMILES string of the molecule is CC(O)c1ccc(C2(CNC(=O)c3ccc(S(=O)(=O)N4CCCC4)cc3)CCCC2)s1. The van der Waals surface area contributed by atoms with E-state index in [1.54, 1.807) is 30.4 Å². The molecule has 1 saturated heterocycles. The van der Waals surface area contributed by atoms with Gasteiger partial charge in [0.05, 0.1) is 11.0 Å². The number of thiophene rings is 1. The number of aliphatic hydroxyl groups is 1. The van der Waals surface area contributed by atoms with E-state index in [1.807, 2.05) is 6.07 Å². The molecular formula is C23H30N2O4S2. The lowest BCUT2D eigenvalue weighted by atomic mass is 9.84. The Morgan fingerprint density at radius 2 is 1.74 bits per heavy atom. The molecule has 1 aliphatic heterocycles. The molecule has 0 bridgehead atoms. The van der Waals surface area contributed by atoms with Gasteiger partial charge in [0.25, 0.3) is 5.91 Å². The van der Waals surface area contributed by atoms with Gasteiger partial charge in [-0.1, -0.05) is 12.8 Å². The molecule has 0 radical (unpaired) electrons. The molecule has 31 heavy (non-hydrogen) atoms. The van der Waals surface area contributed by atoms with Crippen molar-refractivity contribution in [3.8, 4) is 0 Å². The van der Waals surface area contributed by atoms with Crippen LogP contribution in [0.15, 0.2) is 41.3 Å². The second-order valence-electron chi connectivity index (χ2n) is 8.68. The highest BCUT2D eigenvalue weighted by molar-refractivity contribution is 7.89. The zero-order valence-electron chi connectivity index (χ0n) is 17.8. The number of rotatable bonds is 7. The lowest BCUT2D eigenvalue weighted by molar-refractivity contribution is 0.0943. The highest BCUT2D eigenvalue weighted by Crippen LogP contribution is 2.44. The van der Waals surface area contributed by atoms with Gasteiger partial charge in [0, 0.05) is 40.4 Å². The third-order valence-corrected chi connectivity index (χ3v) is 9.94. The number of carbonyl (C=O) groups is 1. The molecule has 8 heteroatoms. The molecule has 2 aromatic rings. The molecule has 1 unspecified atom stereocenters. The van der Waals surface area contributed by atoms with Gasteiger partial charge >= 0.3 is 0 Å². The fourth-order valence-electron chi connectivity index (χ4n) is 4.63. The molecule has 1 atom stereocenters. The maximum absolute atomic E-state index is 12.8. The van der Waals surface area contributed by atoms with E-state index in [-0.39, 0.29) is 16.2 Å². The largest absolute Gasteiger partial charge is 0.388 e. The quantitative estimate of drug-likeness (QED) is 0.655. The minimum atomic E-state index is -3.47. The lowest BCUT2D eigenvalue weighted by Gasteiger charge is -2.28. The first-order valence-corrected chi connectivity index (χ1v) is 13.2. The summed E-state index contributed by atoms with van der Waals surface area (Å²) in [5.74, 6) is -0.191. The van der Waals surface area contributed by atoms with Gasteiger partial charge in [0.1, 0.15) is 0 Å². The van der Waals surface area contributed by atoms with Crippen LogP contribution in [0.2, 0.25) is 0 Å². The number of hydrogen-bond donors (Lipinski definition) is 2. The van der Waals surface area contributed by atoms with Gasteiger partial charge in [-0.15, -0.1) is 11.3 Å². The summed E-state index contributed by atoms with van der Waals surface area (Å²) in [5.41, 5.74) is 0.372. The molecule has 0 spiro atoms. The van der Waals surface area contributed by atoms with Crippen molar-refractivity contribution in [3.05, 3.63) is 51.7 Å². The fourth-order valence-corrected chi connectivity index (χ4v) is 7.34. The summed E-state index contributed by atoms with van der Waals surface area (Å²) in [6, 6.07) is 10.3. The topological polar surface area (TPSA) is 86.7 Å². The number of aliphatic hydroxyl groups excluding tert-OH is 1. The minimum Gasteiger partial charge on any atom is -0.388 e. The van der Waals surface area contributed by atoms with Crippen molar-refractivity contribution in [3.63, 3.8) is 0 Å². The highest BCUT2D eigenvalue weighted by Gasteiger charge is 2.37. The molecule has 2 heterocycles. The number of nitrogens with zero attached hydrogens (tertiary/aromatic N) is 1. The normalized spacial score (nSPS) is 20.1. The van der Waals surface area contributed by atoms with E-state index in [9.17, 15) is 18.3 Å². The van der Waals surface area contributed by atoms with Crippen LogP contribution in [0.4, 0.5) is 0 Å². The smallest absolute Gasteiger partial charge is 0.251 e. The first-order chi connectivity index (χ1) is 14.8. The monoisotopic (exact) mass is 462 g/mol. The third-order valence-electron chi connectivity index (χ3n) is 6.53. The molecule has 2 N–H and O–H groups in total. The zero-order valence-corrected chi connectivity index (χ0v) is 19.5. The van der Waals surface area contributed by atoms with Crippen LogP contribution < -0.4 is 5.32 Å². The maximum atomic E-state index is 12.8. The molecule has 1 saturated carbocycles. The summed E-state index contributed by atoms with van der Waals surface area (Å²) in [5, 5.41) is 13.0. The van der Waals surface area contributed by atoms with Crippen LogP contribution in [0.3, 0.4) is 0 Å². The van der Waals surface area contributed by atoms with E-state index in [4.69, 9.17) is 0 Å². The maximum Gasteiger partial charge on any atom is 0.251 e. The molecule has 1 amide bonds. The Labute approximate surface area is 188 Å². The number of hydrogen-bond acceptors (Lipinski definition) is 5. The van der Waals surface area contributed by atoms with Crippen molar-refractivity contribution in [2.75, 3.05) is 19.6 Å². The summed E-state index contributed by atoms with van der Waals surface area (Å²) in [7, 11) is -3.47. The van der Waals surface area contributed by atoms with Crippen LogP contribution in [-0.2, 0) is 15.4 Å². The van der Waals surface area contributed by atoms with Crippen molar-refractivity contribution in [2.45, 2.75) is 61.9 Å². The Kier molecular flexibility index (Phi) is 6.53. The molecule has 1 aromatic heterocycles. The van der Waals surface area contributed by atoms with Gasteiger partial charge in [0.2, 0.25) is 10.0 Å².